The van der Waals surface area contributed by atoms with Gasteiger partial charge in [-0.3, -0.25) is 8.75 Å². The lowest BCUT2D eigenvalue weighted by Gasteiger charge is -2.15. The lowest BCUT2D eigenvalue weighted by atomic mass is 10.1. The number of benzene rings is 1. The summed E-state index contributed by atoms with van der Waals surface area (Å²) in [5, 5.41) is 0. The summed E-state index contributed by atoms with van der Waals surface area (Å²) < 4.78 is 77.3. The first-order valence-corrected chi connectivity index (χ1v) is 10.0. The van der Waals surface area contributed by atoms with Crippen molar-refractivity contribution in [2.45, 2.75) is 18.0 Å². The van der Waals surface area contributed by atoms with Crippen LogP contribution in [-0.4, -0.2) is 14.8 Å². The second kappa shape index (κ2) is 5.85. The highest BCUT2D eigenvalue weighted by Crippen LogP contribution is 2.56. The van der Waals surface area contributed by atoms with Crippen molar-refractivity contribution in [1.82, 2.24) is 0 Å². The fourth-order valence-electron chi connectivity index (χ4n) is 1.40. The summed E-state index contributed by atoms with van der Waals surface area (Å²) in [7, 11) is -4.80. The molecule has 0 saturated heterocycles. The van der Waals surface area contributed by atoms with E-state index in [2.05, 4.69) is 4.18 Å². The second-order valence-corrected chi connectivity index (χ2v) is 10.5. The normalized spacial score (nSPS) is 13.5. The third kappa shape index (κ3) is 4.63. The Kier molecular flexibility index (Phi) is 5.20. The summed E-state index contributed by atoms with van der Waals surface area (Å²) in [5.41, 5.74) is -1.55. The highest BCUT2D eigenvalue weighted by atomic mass is 35.9. The zero-order chi connectivity index (χ0) is 15.8. The molecule has 4 nitrogen and oxygen atoms in total. The number of halogens is 5. The summed E-state index contributed by atoms with van der Waals surface area (Å²) in [4.78, 5) is -1.05. The van der Waals surface area contributed by atoms with Crippen molar-refractivity contribution in [2.75, 3.05) is 6.35 Å². The minimum Gasteiger partial charge on any atom is -0.287 e. The maximum absolute atomic E-state index is 12.8. The van der Waals surface area contributed by atoms with Gasteiger partial charge in [-0.05, 0) is 41.0 Å². The fraction of sp³-hybridized carbons (Fsp3) is 0.333. The highest BCUT2D eigenvalue weighted by Gasteiger charge is 2.39. The van der Waals surface area contributed by atoms with Gasteiger partial charge in [-0.1, -0.05) is 12.1 Å². The third-order valence-corrected chi connectivity index (χ3v) is 4.79. The van der Waals surface area contributed by atoms with Crippen LogP contribution in [0.15, 0.2) is 23.1 Å². The van der Waals surface area contributed by atoms with Gasteiger partial charge in [0.25, 0.3) is 16.0 Å². The maximum Gasteiger partial charge on any atom is 0.417 e. The Balaban J connectivity index is 3.35. The summed E-state index contributed by atoms with van der Waals surface area (Å²) in [6, 6.07) is 2.84. The molecule has 0 heterocycles. The lowest BCUT2D eigenvalue weighted by molar-refractivity contribution is -0.140. The first-order valence-electron chi connectivity index (χ1n) is 4.89. The van der Waals surface area contributed by atoms with Gasteiger partial charge in [0.1, 0.15) is 11.2 Å². The smallest absolute Gasteiger partial charge is 0.287 e. The largest absolute Gasteiger partial charge is 0.417 e. The molecule has 0 aliphatic rings. The Bertz CT molecular complexity index is 654. The molecular weight excluding hydrogens is 363 g/mol. The number of aryl methyl sites for hydroxylation is 1. The zero-order valence-corrected chi connectivity index (χ0v) is 13.0. The Morgan fingerprint density at radius 1 is 1.30 bits per heavy atom. The van der Waals surface area contributed by atoms with E-state index in [4.69, 9.17) is 22.5 Å². The molecule has 0 aliphatic heterocycles. The van der Waals surface area contributed by atoms with Gasteiger partial charge in [0, 0.05) is 0 Å². The quantitative estimate of drug-likeness (QED) is 0.583. The van der Waals surface area contributed by atoms with Crippen LogP contribution in [0.5, 0.6) is 0 Å². The van der Waals surface area contributed by atoms with E-state index in [1.165, 1.54) is 13.0 Å². The molecule has 0 radical (unpaired) electrons. The van der Waals surface area contributed by atoms with Gasteiger partial charge in [0.2, 0.25) is 0 Å². The topological polar surface area (TPSA) is 60.4 Å². The van der Waals surface area contributed by atoms with Crippen molar-refractivity contribution in [3.63, 3.8) is 0 Å². The number of hydrogen-bond donors (Lipinski definition) is 0. The van der Waals surface area contributed by atoms with E-state index < -0.39 is 38.9 Å². The summed E-state index contributed by atoms with van der Waals surface area (Å²) in [5.74, 6) is -3.89. The highest BCUT2D eigenvalue weighted by molar-refractivity contribution is 8.08. The van der Waals surface area contributed by atoms with Gasteiger partial charge in [-0.15, -0.1) is 0 Å². The Labute approximate surface area is 122 Å². The zero-order valence-electron chi connectivity index (χ0n) is 9.82. The second-order valence-electron chi connectivity index (χ2n) is 3.72. The van der Waals surface area contributed by atoms with Crippen molar-refractivity contribution in [2.24, 2.45) is 0 Å². The van der Waals surface area contributed by atoms with Gasteiger partial charge in [-0.2, -0.15) is 21.6 Å². The van der Waals surface area contributed by atoms with E-state index in [9.17, 15) is 26.2 Å². The van der Waals surface area contributed by atoms with Crippen LogP contribution in [0.3, 0.4) is 0 Å². The van der Waals surface area contributed by atoms with Crippen LogP contribution in [0.1, 0.15) is 11.1 Å². The molecule has 11 heteroatoms. The Morgan fingerprint density at radius 2 is 1.85 bits per heavy atom. The van der Waals surface area contributed by atoms with Crippen molar-refractivity contribution in [3.05, 3.63) is 29.3 Å². The first-order chi connectivity index (χ1) is 8.84. The summed E-state index contributed by atoms with van der Waals surface area (Å²) in [6.45, 7) is 1.17. The van der Waals surface area contributed by atoms with Crippen molar-refractivity contribution < 1.29 is 30.3 Å². The predicted molar refractivity (Wildman–Crippen MR) is 68.6 cm³/mol. The molecule has 0 saturated carbocycles. The molecule has 1 rings (SSSR count). The number of rotatable bonds is 4. The van der Waals surface area contributed by atoms with Crippen LogP contribution in [0, 0.1) is 6.92 Å². The van der Waals surface area contributed by atoms with E-state index in [1.807, 2.05) is 0 Å². The Hall–Kier alpha value is -0.270. The molecule has 0 spiro atoms. The van der Waals surface area contributed by atoms with E-state index in [0.29, 0.717) is 6.07 Å². The molecule has 0 aliphatic carbocycles. The minimum atomic E-state index is -4.89. The van der Waals surface area contributed by atoms with Crippen LogP contribution in [0.25, 0.3) is 0 Å². The van der Waals surface area contributed by atoms with E-state index in [0.717, 1.165) is 6.07 Å². The van der Waals surface area contributed by atoms with Gasteiger partial charge in [-0.25, -0.2) is 0 Å². The van der Waals surface area contributed by atoms with Crippen molar-refractivity contribution >= 4 is 38.4 Å². The number of hydrogen-bond acceptors (Lipinski definition) is 4. The van der Waals surface area contributed by atoms with Crippen LogP contribution >= 0.6 is 28.3 Å². The molecule has 1 aromatic carbocycles. The van der Waals surface area contributed by atoms with Crippen LogP contribution in [-0.2, 0) is 25.0 Å². The van der Waals surface area contributed by atoms with Gasteiger partial charge < -0.3 is 0 Å². The molecule has 0 aromatic heterocycles. The lowest BCUT2D eigenvalue weighted by Crippen LogP contribution is -2.16. The minimum absolute atomic E-state index is 0.168. The summed E-state index contributed by atoms with van der Waals surface area (Å²) in [6.07, 6.45) is -5.99. The molecule has 0 fully saturated rings. The van der Waals surface area contributed by atoms with E-state index in [1.54, 1.807) is 0 Å². The van der Waals surface area contributed by atoms with Crippen molar-refractivity contribution in [1.29, 1.82) is 0 Å². The van der Waals surface area contributed by atoms with Crippen molar-refractivity contribution in [3.8, 4) is 0 Å². The predicted octanol–water partition coefficient (Wildman–Crippen LogP) is 4.35. The average Bonchev–Trinajstić information content (AvgIpc) is 2.24. The van der Waals surface area contributed by atoms with Gasteiger partial charge >= 0.3 is 6.18 Å². The standard InChI is InChI=1S/C9H8Cl2F3O4PS/c1-6-3-2-4-7(9(12,13)14)8(6)20(16,17)18-5-19(10,11)15/h2-4H,5H2,1H3. The number of alkyl halides is 3. The SMILES string of the molecule is Cc1cccc(C(F)(F)F)c1S(=O)(=O)OCP(=O)(Cl)Cl. The van der Waals surface area contributed by atoms with Gasteiger partial charge in [0.05, 0.1) is 5.56 Å². The van der Waals surface area contributed by atoms with Crippen LogP contribution in [0.4, 0.5) is 13.2 Å². The van der Waals surface area contributed by atoms with Gasteiger partial charge in [0.15, 0.2) is 0 Å². The molecular formula is C9H8Cl2F3O4PS. The van der Waals surface area contributed by atoms with E-state index in [-0.39, 0.29) is 5.56 Å². The molecule has 0 amide bonds. The molecule has 114 valence electrons. The molecule has 0 atom stereocenters. The molecule has 1 aromatic rings. The maximum atomic E-state index is 12.8. The van der Waals surface area contributed by atoms with E-state index >= 15 is 0 Å². The molecule has 20 heavy (non-hydrogen) atoms. The van der Waals surface area contributed by atoms with Crippen LogP contribution < -0.4 is 0 Å². The first kappa shape index (κ1) is 17.8. The molecule has 0 unspecified atom stereocenters. The van der Waals surface area contributed by atoms with Crippen LogP contribution in [0.2, 0.25) is 0 Å². The molecule has 0 bridgehead atoms. The Morgan fingerprint density at radius 3 is 2.30 bits per heavy atom. The molecule has 0 N–H and O–H groups in total. The summed E-state index contributed by atoms with van der Waals surface area (Å²) >= 11 is 10.2. The fourth-order valence-corrected chi connectivity index (χ4v) is 4.19. The third-order valence-electron chi connectivity index (χ3n) is 2.13. The average molecular weight is 371 g/mol. The monoisotopic (exact) mass is 370 g/mol.